The van der Waals surface area contributed by atoms with Crippen LogP contribution in [0, 0.1) is 5.82 Å². The monoisotopic (exact) mass is 246 g/mol. The fourth-order valence-electron chi connectivity index (χ4n) is 1.69. The molecule has 94 valence electrons. The molecule has 0 aromatic heterocycles. The van der Waals surface area contributed by atoms with E-state index in [-0.39, 0.29) is 5.82 Å². The van der Waals surface area contributed by atoms with Gasteiger partial charge in [-0.1, -0.05) is 24.3 Å². The van der Waals surface area contributed by atoms with E-state index in [4.69, 9.17) is 9.47 Å². The number of methoxy groups -OCH3 is 1. The number of hydrogen-bond donors (Lipinski definition) is 0. The third-order valence-corrected chi connectivity index (χ3v) is 2.50. The first-order valence-corrected chi connectivity index (χ1v) is 5.73. The second-order valence-corrected chi connectivity index (χ2v) is 4.00. The summed E-state index contributed by atoms with van der Waals surface area (Å²) in [4.78, 5) is 0. The van der Waals surface area contributed by atoms with Gasteiger partial charge in [-0.25, -0.2) is 4.39 Å². The molecule has 2 rings (SSSR count). The second kappa shape index (κ2) is 6.17. The predicted molar refractivity (Wildman–Crippen MR) is 67.9 cm³/mol. The van der Waals surface area contributed by atoms with Crippen LogP contribution in [0.15, 0.2) is 48.5 Å². The maximum absolute atomic E-state index is 13.0. The largest absolute Gasteiger partial charge is 0.489 e. The second-order valence-electron chi connectivity index (χ2n) is 4.00. The van der Waals surface area contributed by atoms with Crippen molar-refractivity contribution in [3.05, 3.63) is 65.5 Å². The number of halogens is 1. The molecule has 0 unspecified atom stereocenters. The molecular formula is C15H15FO2. The molecule has 18 heavy (non-hydrogen) atoms. The van der Waals surface area contributed by atoms with E-state index in [1.54, 1.807) is 13.2 Å². The fraction of sp³-hybridized carbons (Fsp3) is 0.200. The van der Waals surface area contributed by atoms with Crippen LogP contribution in [0.5, 0.6) is 5.75 Å². The van der Waals surface area contributed by atoms with E-state index >= 15 is 0 Å². The van der Waals surface area contributed by atoms with Crippen LogP contribution in [0.3, 0.4) is 0 Å². The number of hydrogen-bond acceptors (Lipinski definition) is 2. The maximum Gasteiger partial charge on any atom is 0.123 e. The molecule has 0 amide bonds. The van der Waals surface area contributed by atoms with Crippen molar-refractivity contribution in [2.45, 2.75) is 13.2 Å². The molecule has 2 aromatic carbocycles. The Hall–Kier alpha value is -1.87. The van der Waals surface area contributed by atoms with Gasteiger partial charge in [0.1, 0.15) is 18.2 Å². The molecule has 0 bridgehead atoms. The summed E-state index contributed by atoms with van der Waals surface area (Å²) in [5.74, 6) is 0.512. The van der Waals surface area contributed by atoms with Crippen molar-refractivity contribution in [2.75, 3.05) is 7.11 Å². The van der Waals surface area contributed by atoms with Crippen molar-refractivity contribution in [3.63, 3.8) is 0 Å². The van der Waals surface area contributed by atoms with Gasteiger partial charge in [0.25, 0.3) is 0 Å². The summed E-state index contributed by atoms with van der Waals surface area (Å²) < 4.78 is 23.7. The predicted octanol–water partition coefficient (Wildman–Crippen LogP) is 3.55. The normalized spacial score (nSPS) is 10.3. The molecule has 0 N–H and O–H groups in total. The zero-order valence-corrected chi connectivity index (χ0v) is 10.2. The lowest BCUT2D eigenvalue weighted by molar-refractivity contribution is 0.184. The van der Waals surface area contributed by atoms with Gasteiger partial charge in [0.05, 0.1) is 6.61 Å². The van der Waals surface area contributed by atoms with Crippen molar-refractivity contribution >= 4 is 0 Å². The summed E-state index contributed by atoms with van der Waals surface area (Å²) in [5.41, 5.74) is 1.86. The van der Waals surface area contributed by atoms with Gasteiger partial charge in [0.15, 0.2) is 0 Å². The minimum atomic E-state index is -0.246. The Kier molecular flexibility index (Phi) is 4.31. The maximum atomic E-state index is 13.0. The molecule has 2 aromatic rings. The molecule has 0 saturated carbocycles. The summed E-state index contributed by atoms with van der Waals surface area (Å²) in [5, 5.41) is 0. The van der Waals surface area contributed by atoms with Crippen LogP contribution in [-0.2, 0) is 18.0 Å². The number of benzene rings is 2. The highest BCUT2D eigenvalue weighted by Gasteiger charge is 1.99. The van der Waals surface area contributed by atoms with Crippen LogP contribution >= 0.6 is 0 Å². The highest BCUT2D eigenvalue weighted by atomic mass is 19.1. The topological polar surface area (TPSA) is 18.5 Å². The zero-order chi connectivity index (χ0) is 12.8. The van der Waals surface area contributed by atoms with E-state index in [1.165, 1.54) is 12.1 Å². The highest BCUT2D eigenvalue weighted by Crippen LogP contribution is 2.16. The van der Waals surface area contributed by atoms with Crippen molar-refractivity contribution in [1.29, 1.82) is 0 Å². The van der Waals surface area contributed by atoms with E-state index in [2.05, 4.69) is 0 Å². The standard InChI is InChI=1S/C15H15FO2/c1-17-10-13-5-3-7-15(9-13)18-11-12-4-2-6-14(16)8-12/h2-9H,10-11H2,1H3. The molecule has 0 aliphatic carbocycles. The van der Waals surface area contributed by atoms with Crippen molar-refractivity contribution in [1.82, 2.24) is 0 Å². The van der Waals surface area contributed by atoms with Gasteiger partial charge >= 0.3 is 0 Å². The van der Waals surface area contributed by atoms with Gasteiger partial charge in [-0.05, 0) is 35.4 Å². The summed E-state index contributed by atoms with van der Waals surface area (Å²) in [6.07, 6.45) is 0. The molecule has 0 spiro atoms. The number of rotatable bonds is 5. The van der Waals surface area contributed by atoms with Crippen LogP contribution in [0.25, 0.3) is 0 Å². The van der Waals surface area contributed by atoms with Crippen LogP contribution in [-0.4, -0.2) is 7.11 Å². The summed E-state index contributed by atoms with van der Waals surface area (Å²) in [6, 6.07) is 14.1. The van der Waals surface area contributed by atoms with Crippen LogP contribution < -0.4 is 4.74 Å². The summed E-state index contributed by atoms with van der Waals surface area (Å²) >= 11 is 0. The van der Waals surface area contributed by atoms with E-state index in [0.717, 1.165) is 16.9 Å². The Balaban J connectivity index is 1.99. The van der Waals surface area contributed by atoms with E-state index < -0.39 is 0 Å². The SMILES string of the molecule is COCc1cccc(OCc2cccc(F)c2)c1. The third-order valence-electron chi connectivity index (χ3n) is 2.50. The fourth-order valence-corrected chi connectivity index (χ4v) is 1.69. The Morgan fingerprint density at radius 1 is 0.944 bits per heavy atom. The van der Waals surface area contributed by atoms with E-state index in [1.807, 2.05) is 30.3 Å². The zero-order valence-electron chi connectivity index (χ0n) is 10.2. The van der Waals surface area contributed by atoms with Crippen LogP contribution in [0.1, 0.15) is 11.1 Å². The molecule has 0 saturated heterocycles. The van der Waals surface area contributed by atoms with Crippen molar-refractivity contribution in [3.8, 4) is 5.75 Å². The van der Waals surface area contributed by atoms with Crippen LogP contribution in [0.2, 0.25) is 0 Å². The van der Waals surface area contributed by atoms with Crippen molar-refractivity contribution in [2.24, 2.45) is 0 Å². The first-order chi connectivity index (χ1) is 8.78. The molecule has 0 radical (unpaired) electrons. The van der Waals surface area contributed by atoms with E-state index in [9.17, 15) is 4.39 Å². The van der Waals surface area contributed by atoms with E-state index in [0.29, 0.717) is 13.2 Å². The average molecular weight is 246 g/mol. The first-order valence-electron chi connectivity index (χ1n) is 5.73. The molecule has 0 aliphatic rings. The lowest BCUT2D eigenvalue weighted by Gasteiger charge is -2.08. The Bertz CT molecular complexity index is 511. The van der Waals surface area contributed by atoms with Gasteiger partial charge in [0, 0.05) is 7.11 Å². The molecule has 0 atom stereocenters. The molecule has 0 fully saturated rings. The molecule has 3 heteroatoms. The van der Waals surface area contributed by atoms with Gasteiger partial charge in [-0.3, -0.25) is 0 Å². The van der Waals surface area contributed by atoms with Crippen LogP contribution in [0.4, 0.5) is 4.39 Å². The molecule has 2 nitrogen and oxygen atoms in total. The Labute approximate surface area is 106 Å². The molecular weight excluding hydrogens is 231 g/mol. The lowest BCUT2D eigenvalue weighted by Crippen LogP contribution is -1.96. The minimum absolute atomic E-state index is 0.246. The molecule has 0 heterocycles. The first kappa shape index (κ1) is 12.6. The summed E-state index contributed by atoms with van der Waals surface area (Å²) in [6.45, 7) is 0.908. The minimum Gasteiger partial charge on any atom is -0.489 e. The Morgan fingerprint density at radius 3 is 2.39 bits per heavy atom. The van der Waals surface area contributed by atoms with Gasteiger partial charge in [0.2, 0.25) is 0 Å². The average Bonchev–Trinajstić information content (AvgIpc) is 2.37. The lowest BCUT2D eigenvalue weighted by atomic mass is 10.2. The smallest absolute Gasteiger partial charge is 0.123 e. The quantitative estimate of drug-likeness (QED) is 0.803. The summed E-state index contributed by atoms with van der Waals surface area (Å²) in [7, 11) is 1.65. The van der Waals surface area contributed by atoms with Crippen molar-refractivity contribution < 1.29 is 13.9 Å². The number of ether oxygens (including phenoxy) is 2. The highest BCUT2D eigenvalue weighted by molar-refractivity contribution is 5.28. The van der Waals surface area contributed by atoms with Gasteiger partial charge < -0.3 is 9.47 Å². The van der Waals surface area contributed by atoms with Gasteiger partial charge in [-0.15, -0.1) is 0 Å². The van der Waals surface area contributed by atoms with Gasteiger partial charge in [-0.2, -0.15) is 0 Å². The molecule has 0 aliphatic heterocycles. The third kappa shape index (κ3) is 3.57. The Morgan fingerprint density at radius 2 is 1.67 bits per heavy atom.